The highest BCUT2D eigenvalue weighted by atomic mass is 32.1. The Morgan fingerprint density at radius 2 is 1.93 bits per heavy atom. The SMILES string of the molecule is Cc1nc(C(=O)N2CCC(C3(C)NC(=O)N(Cc4ccc(F)cc4)C3=O)CC2)cs1. The number of carbonyl (C=O) groups excluding carboxylic acids is 3. The molecule has 1 aromatic heterocycles. The van der Waals surface area contributed by atoms with E-state index >= 15 is 0 Å². The minimum atomic E-state index is -1.01. The number of hydrogen-bond donors (Lipinski definition) is 1. The van der Waals surface area contributed by atoms with E-state index in [4.69, 9.17) is 0 Å². The fourth-order valence-electron chi connectivity index (χ4n) is 4.19. The maximum absolute atomic E-state index is 13.1. The first-order valence-corrected chi connectivity index (χ1v) is 10.8. The number of benzene rings is 1. The largest absolute Gasteiger partial charge is 0.337 e. The number of thiazole rings is 1. The topological polar surface area (TPSA) is 82.6 Å². The predicted octanol–water partition coefficient (Wildman–Crippen LogP) is 2.95. The van der Waals surface area contributed by atoms with Gasteiger partial charge in [0.05, 0.1) is 11.6 Å². The van der Waals surface area contributed by atoms with E-state index in [9.17, 15) is 18.8 Å². The van der Waals surface area contributed by atoms with Gasteiger partial charge in [-0.15, -0.1) is 11.3 Å². The van der Waals surface area contributed by atoms with E-state index in [1.807, 2.05) is 6.92 Å². The van der Waals surface area contributed by atoms with Gasteiger partial charge in [0.15, 0.2) is 0 Å². The van der Waals surface area contributed by atoms with Crippen molar-refractivity contribution in [2.75, 3.05) is 13.1 Å². The highest BCUT2D eigenvalue weighted by Gasteiger charge is 2.52. The second kappa shape index (κ2) is 7.79. The molecular formula is C21H23FN4O3S. The highest BCUT2D eigenvalue weighted by molar-refractivity contribution is 7.09. The Morgan fingerprint density at radius 1 is 1.27 bits per heavy atom. The summed E-state index contributed by atoms with van der Waals surface area (Å²) in [7, 11) is 0. The van der Waals surface area contributed by atoms with E-state index in [2.05, 4.69) is 10.3 Å². The van der Waals surface area contributed by atoms with Gasteiger partial charge in [-0.2, -0.15) is 0 Å². The van der Waals surface area contributed by atoms with Crippen molar-refractivity contribution in [3.8, 4) is 0 Å². The molecule has 4 rings (SSSR count). The molecule has 4 amide bonds. The molecule has 7 nitrogen and oxygen atoms in total. The number of piperidine rings is 1. The molecule has 0 saturated carbocycles. The minimum Gasteiger partial charge on any atom is -0.337 e. The number of halogens is 1. The van der Waals surface area contributed by atoms with Crippen molar-refractivity contribution >= 4 is 29.2 Å². The van der Waals surface area contributed by atoms with Crippen molar-refractivity contribution in [3.63, 3.8) is 0 Å². The number of nitrogens with one attached hydrogen (secondary N) is 1. The predicted molar refractivity (Wildman–Crippen MR) is 109 cm³/mol. The van der Waals surface area contributed by atoms with Gasteiger partial charge in [0.2, 0.25) is 0 Å². The molecule has 2 fully saturated rings. The van der Waals surface area contributed by atoms with Crippen LogP contribution in [-0.4, -0.2) is 51.3 Å². The van der Waals surface area contributed by atoms with Gasteiger partial charge in [-0.3, -0.25) is 14.5 Å². The number of aromatic nitrogens is 1. The molecule has 0 bridgehead atoms. The number of carbonyl (C=O) groups is 3. The fraction of sp³-hybridized carbons (Fsp3) is 0.429. The normalized spacial score (nSPS) is 22.5. The summed E-state index contributed by atoms with van der Waals surface area (Å²) in [6.07, 6.45) is 1.23. The van der Waals surface area contributed by atoms with Crippen molar-refractivity contribution < 1.29 is 18.8 Å². The van der Waals surface area contributed by atoms with E-state index in [-0.39, 0.29) is 30.1 Å². The average Bonchev–Trinajstić information content (AvgIpc) is 3.26. The van der Waals surface area contributed by atoms with Crippen molar-refractivity contribution in [3.05, 3.63) is 51.7 Å². The van der Waals surface area contributed by atoms with Crippen LogP contribution in [0.2, 0.25) is 0 Å². The summed E-state index contributed by atoms with van der Waals surface area (Å²) in [5.41, 5.74) is 0.129. The number of amides is 4. The van der Waals surface area contributed by atoms with Crippen LogP contribution in [0.5, 0.6) is 0 Å². The van der Waals surface area contributed by atoms with E-state index < -0.39 is 11.6 Å². The number of hydrogen-bond acceptors (Lipinski definition) is 5. The van der Waals surface area contributed by atoms with Crippen LogP contribution < -0.4 is 5.32 Å². The quantitative estimate of drug-likeness (QED) is 0.756. The molecule has 0 radical (unpaired) electrons. The first kappa shape index (κ1) is 20.5. The van der Waals surface area contributed by atoms with Crippen molar-refractivity contribution in [2.24, 2.45) is 5.92 Å². The Hall–Kier alpha value is -2.81. The van der Waals surface area contributed by atoms with Gasteiger partial charge < -0.3 is 10.2 Å². The van der Waals surface area contributed by atoms with E-state index in [1.54, 1.807) is 29.3 Å². The second-order valence-electron chi connectivity index (χ2n) is 7.97. The maximum atomic E-state index is 13.1. The molecule has 2 aliphatic heterocycles. The van der Waals surface area contributed by atoms with Crippen molar-refractivity contribution in [2.45, 2.75) is 38.8 Å². The molecule has 9 heteroatoms. The molecule has 1 unspecified atom stereocenters. The summed E-state index contributed by atoms with van der Waals surface area (Å²) in [6, 6.07) is 5.31. The number of imide groups is 1. The molecule has 1 N–H and O–H groups in total. The van der Waals surface area contributed by atoms with Gasteiger partial charge >= 0.3 is 6.03 Å². The number of rotatable bonds is 4. The fourth-order valence-corrected chi connectivity index (χ4v) is 4.78. The summed E-state index contributed by atoms with van der Waals surface area (Å²) < 4.78 is 13.1. The van der Waals surface area contributed by atoms with Crippen molar-refractivity contribution in [1.82, 2.24) is 20.1 Å². The Labute approximate surface area is 177 Å². The Bertz CT molecular complexity index is 984. The number of nitrogens with zero attached hydrogens (tertiary/aromatic N) is 3. The lowest BCUT2D eigenvalue weighted by atomic mass is 9.79. The second-order valence-corrected chi connectivity index (χ2v) is 9.03. The van der Waals surface area contributed by atoms with Gasteiger partial charge in [-0.1, -0.05) is 12.1 Å². The smallest absolute Gasteiger partial charge is 0.325 e. The lowest BCUT2D eigenvalue weighted by Gasteiger charge is -2.38. The summed E-state index contributed by atoms with van der Waals surface area (Å²) in [5.74, 6) is -0.817. The average molecular weight is 431 g/mol. The van der Waals surface area contributed by atoms with Gasteiger partial charge in [0.25, 0.3) is 11.8 Å². The number of urea groups is 1. The van der Waals surface area contributed by atoms with Crippen LogP contribution in [0.4, 0.5) is 9.18 Å². The molecule has 30 heavy (non-hydrogen) atoms. The van der Waals surface area contributed by atoms with Gasteiger partial charge in [0.1, 0.15) is 17.1 Å². The molecule has 0 spiro atoms. The zero-order chi connectivity index (χ0) is 21.5. The minimum absolute atomic E-state index is 0.0756. The molecule has 0 aliphatic carbocycles. The standard InChI is InChI=1S/C21H23FN4O3S/c1-13-23-17(12-30-13)18(27)25-9-7-15(8-10-25)21(2)19(28)26(20(29)24-21)11-14-3-5-16(22)6-4-14/h3-6,12,15H,7-11H2,1-2H3,(H,24,29). The van der Waals surface area contributed by atoms with Crippen LogP contribution >= 0.6 is 11.3 Å². The molecule has 158 valence electrons. The zero-order valence-corrected chi connectivity index (χ0v) is 17.7. The lowest BCUT2D eigenvalue weighted by molar-refractivity contribution is -0.133. The maximum Gasteiger partial charge on any atom is 0.325 e. The van der Waals surface area contributed by atoms with Gasteiger partial charge in [0, 0.05) is 18.5 Å². The van der Waals surface area contributed by atoms with Crippen LogP contribution in [0.25, 0.3) is 0 Å². The van der Waals surface area contributed by atoms with Crippen LogP contribution in [0.3, 0.4) is 0 Å². The lowest BCUT2D eigenvalue weighted by Crippen LogP contribution is -2.54. The molecule has 2 aromatic rings. The number of aryl methyl sites for hydroxylation is 1. The summed E-state index contributed by atoms with van der Waals surface area (Å²) in [6.45, 7) is 4.74. The Balaban J connectivity index is 1.41. The van der Waals surface area contributed by atoms with Gasteiger partial charge in [-0.05, 0) is 50.3 Å². The molecule has 3 heterocycles. The van der Waals surface area contributed by atoms with Crippen LogP contribution in [0.15, 0.2) is 29.6 Å². The first-order chi connectivity index (χ1) is 14.3. The van der Waals surface area contributed by atoms with Crippen LogP contribution in [0.1, 0.15) is 40.8 Å². The first-order valence-electron chi connectivity index (χ1n) is 9.88. The monoisotopic (exact) mass is 430 g/mol. The number of likely N-dealkylation sites (tertiary alicyclic amines) is 1. The molecular weight excluding hydrogens is 407 g/mol. The Morgan fingerprint density at radius 3 is 2.53 bits per heavy atom. The summed E-state index contributed by atoms with van der Waals surface area (Å²) in [4.78, 5) is 45.5. The third kappa shape index (κ3) is 3.69. The molecule has 1 atom stereocenters. The highest BCUT2D eigenvalue weighted by Crippen LogP contribution is 2.34. The van der Waals surface area contributed by atoms with E-state index in [1.165, 1.54) is 28.4 Å². The van der Waals surface area contributed by atoms with E-state index in [0.29, 0.717) is 37.2 Å². The molecule has 1 aromatic carbocycles. The summed E-state index contributed by atoms with van der Waals surface area (Å²) >= 11 is 1.44. The molecule has 2 saturated heterocycles. The zero-order valence-electron chi connectivity index (χ0n) is 16.9. The van der Waals surface area contributed by atoms with Crippen LogP contribution in [-0.2, 0) is 11.3 Å². The van der Waals surface area contributed by atoms with Gasteiger partial charge in [-0.25, -0.2) is 14.2 Å². The third-order valence-electron chi connectivity index (χ3n) is 5.99. The summed E-state index contributed by atoms with van der Waals surface area (Å²) in [5, 5.41) is 5.47. The Kier molecular flexibility index (Phi) is 5.31. The van der Waals surface area contributed by atoms with Crippen LogP contribution in [0, 0.1) is 18.7 Å². The van der Waals surface area contributed by atoms with Crippen molar-refractivity contribution in [1.29, 1.82) is 0 Å². The molecule has 2 aliphatic rings. The van der Waals surface area contributed by atoms with E-state index in [0.717, 1.165) is 5.01 Å². The third-order valence-corrected chi connectivity index (χ3v) is 6.77.